The first-order valence-corrected chi connectivity index (χ1v) is 45.2. The highest BCUT2D eigenvalue weighted by Crippen LogP contribution is 2.35. The summed E-state index contributed by atoms with van der Waals surface area (Å²) in [5.41, 5.74) is 0. The molecule has 0 bridgehead atoms. The smallest absolute Gasteiger partial charge is 0.437 e. The zero-order valence-corrected chi connectivity index (χ0v) is 47.9. The number of aliphatic hydroxyl groups is 2. The van der Waals surface area contributed by atoms with Crippen molar-refractivity contribution in [1.29, 1.82) is 0 Å². The number of rotatable bonds is 36. The van der Waals surface area contributed by atoms with Crippen LogP contribution in [0.2, 0.25) is 116 Å². The molecule has 18 heteroatoms. The predicted octanol–water partition coefficient (Wildman–Crippen LogP) is 12.3. The third-order valence-corrected chi connectivity index (χ3v) is 39.5. The lowest BCUT2D eigenvalue weighted by molar-refractivity contribution is -0.0945. The molecule has 0 rings (SSSR count). The largest absolute Gasteiger partial charge is 0.470 e. The van der Waals surface area contributed by atoms with Gasteiger partial charge in [0.2, 0.25) is 0 Å². The molecule has 2 N–H and O–H groups in total. The van der Waals surface area contributed by atoms with Crippen LogP contribution in [-0.2, 0) is 33.5 Å². The van der Waals surface area contributed by atoms with E-state index in [1.54, 1.807) is 0 Å². The van der Waals surface area contributed by atoms with Crippen molar-refractivity contribution in [2.24, 2.45) is 0 Å². The SMILES string of the molecule is CCCCCCCCCCCCCC[Si](C)(O[Si](C)(C)O[Si](C)(C)C)O[Si](C)(O[Si](C)(C)O[Si](C)(C)CCCC)O[Si](C)(CCCOCC(O)O)O[Si](C)(C)C. The summed E-state index contributed by atoms with van der Waals surface area (Å²) in [7, 11) is -20.8. The summed E-state index contributed by atoms with van der Waals surface area (Å²) in [4.78, 5) is 0. The van der Waals surface area contributed by atoms with Crippen LogP contribution in [0.1, 0.15) is 110 Å². The van der Waals surface area contributed by atoms with Gasteiger partial charge in [-0.2, -0.15) is 0 Å². The van der Waals surface area contributed by atoms with E-state index in [0.717, 1.165) is 37.8 Å². The molecule has 3 atom stereocenters. The molecule has 0 aromatic rings. The first kappa shape index (κ1) is 57.3. The maximum absolute atomic E-state index is 9.32. The average Bonchev–Trinajstić information content (AvgIpc) is 2.96. The van der Waals surface area contributed by atoms with Gasteiger partial charge >= 0.3 is 43.0 Å². The fourth-order valence-corrected chi connectivity index (χ4v) is 46.9. The standard InChI is InChI=1S/C38H94O10Si8/c1-18-20-22-23-24-25-26-27-28-29-30-31-35-55(16,45-52(11,12)42-49(3,4)5)48-56(17,46-53(13,14)44-51(9,10)34-21-19-2)47-54(15,43-50(6,7)8)36-32-33-41-37-38(39)40/h38-40H,18-37H2,1-17H3. The molecule has 0 radical (unpaired) electrons. The summed E-state index contributed by atoms with van der Waals surface area (Å²) in [6.07, 6.45) is 17.0. The molecule has 56 heavy (non-hydrogen) atoms. The minimum absolute atomic E-state index is 0.124. The van der Waals surface area contributed by atoms with Crippen LogP contribution < -0.4 is 0 Å². The predicted molar refractivity (Wildman–Crippen MR) is 256 cm³/mol. The summed E-state index contributed by atoms with van der Waals surface area (Å²) in [6.45, 7) is 37.7. The highest BCUT2D eigenvalue weighted by atomic mass is 28.5. The quantitative estimate of drug-likeness (QED) is 0.0358. The Bertz CT molecular complexity index is 1030. The molecule has 0 aromatic carbocycles. The molecule has 10 nitrogen and oxygen atoms in total. The normalized spacial score (nSPS) is 16.9. The Labute approximate surface area is 356 Å². The van der Waals surface area contributed by atoms with Crippen LogP contribution in [-0.4, -0.2) is 97.7 Å². The van der Waals surface area contributed by atoms with E-state index in [9.17, 15) is 10.2 Å². The van der Waals surface area contributed by atoms with Gasteiger partial charge in [0.05, 0.1) is 6.61 Å². The maximum atomic E-state index is 9.32. The maximum Gasteiger partial charge on any atom is 0.470 e. The molecular weight excluding hydrogens is 841 g/mol. The van der Waals surface area contributed by atoms with Crippen LogP contribution in [0.4, 0.5) is 0 Å². The topological polar surface area (TPSA) is 114 Å². The average molecular weight is 936 g/mol. The van der Waals surface area contributed by atoms with Crippen molar-refractivity contribution in [2.75, 3.05) is 13.2 Å². The lowest BCUT2D eigenvalue weighted by Crippen LogP contribution is -2.66. The van der Waals surface area contributed by atoms with E-state index < -0.39 is 74.3 Å². The third kappa shape index (κ3) is 31.2. The van der Waals surface area contributed by atoms with E-state index >= 15 is 0 Å². The van der Waals surface area contributed by atoms with Crippen LogP contribution in [0.5, 0.6) is 0 Å². The van der Waals surface area contributed by atoms with Crippen molar-refractivity contribution in [3.8, 4) is 0 Å². The van der Waals surface area contributed by atoms with Crippen molar-refractivity contribution >= 4 is 68.0 Å². The summed E-state index contributed by atoms with van der Waals surface area (Å²) in [5.74, 6) is 0. The minimum Gasteiger partial charge on any atom is -0.437 e. The van der Waals surface area contributed by atoms with Gasteiger partial charge in [-0.1, -0.05) is 104 Å². The summed E-state index contributed by atoms with van der Waals surface area (Å²) in [5, 5.41) is 18.6. The Morgan fingerprint density at radius 1 is 0.393 bits per heavy atom. The van der Waals surface area contributed by atoms with Gasteiger partial charge < -0.3 is 43.8 Å². The Hall–Kier alpha value is 1.34. The van der Waals surface area contributed by atoms with Crippen molar-refractivity contribution < 1.29 is 43.8 Å². The third-order valence-electron chi connectivity index (χ3n) is 9.09. The second-order valence-corrected chi connectivity index (χ2v) is 51.1. The number of hydrogen-bond acceptors (Lipinski definition) is 10. The van der Waals surface area contributed by atoms with Crippen LogP contribution in [0.25, 0.3) is 0 Å². The summed E-state index contributed by atoms with van der Waals surface area (Å²) in [6, 6.07) is 2.58. The fourth-order valence-electron chi connectivity index (χ4n) is 7.78. The van der Waals surface area contributed by atoms with Gasteiger partial charge in [-0.3, -0.25) is 0 Å². The van der Waals surface area contributed by atoms with Crippen molar-refractivity contribution in [3.63, 3.8) is 0 Å². The minimum atomic E-state index is -3.52. The molecule has 0 aromatic heterocycles. The molecule has 0 spiro atoms. The van der Waals surface area contributed by atoms with E-state index in [1.807, 2.05) is 0 Å². The fraction of sp³-hybridized carbons (Fsp3) is 1.00. The van der Waals surface area contributed by atoms with Gasteiger partial charge in [0.1, 0.15) is 0 Å². The molecule has 0 saturated heterocycles. The van der Waals surface area contributed by atoms with Crippen molar-refractivity contribution in [1.82, 2.24) is 0 Å². The Morgan fingerprint density at radius 2 is 0.804 bits per heavy atom. The molecule has 0 heterocycles. The zero-order valence-electron chi connectivity index (χ0n) is 39.9. The zero-order chi connectivity index (χ0) is 43.4. The molecule has 0 fully saturated rings. The van der Waals surface area contributed by atoms with Crippen LogP contribution in [0, 0.1) is 0 Å². The molecule has 0 aliphatic rings. The number of ether oxygens (including phenoxy) is 1. The monoisotopic (exact) mass is 935 g/mol. The van der Waals surface area contributed by atoms with Crippen LogP contribution >= 0.6 is 0 Å². The van der Waals surface area contributed by atoms with Crippen LogP contribution in [0.3, 0.4) is 0 Å². The van der Waals surface area contributed by atoms with Gasteiger partial charge in [-0.05, 0) is 116 Å². The van der Waals surface area contributed by atoms with Crippen molar-refractivity contribution in [2.45, 2.75) is 233 Å². The van der Waals surface area contributed by atoms with Gasteiger partial charge in [0.25, 0.3) is 0 Å². The van der Waals surface area contributed by atoms with Gasteiger partial charge in [-0.25, -0.2) is 0 Å². The molecular formula is C38H94O10Si8. The first-order valence-electron chi connectivity index (χ1n) is 22.3. The molecule has 0 aliphatic carbocycles. The number of hydrogen-bond donors (Lipinski definition) is 2. The van der Waals surface area contributed by atoms with Gasteiger partial charge in [0, 0.05) is 13.2 Å². The second-order valence-electron chi connectivity index (χ2n) is 20.0. The number of aliphatic hydroxyl groups excluding tert-OH is 1. The summed E-state index contributed by atoms with van der Waals surface area (Å²) < 4.78 is 55.8. The Morgan fingerprint density at radius 3 is 1.25 bits per heavy atom. The van der Waals surface area contributed by atoms with E-state index in [2.05, 4.69) is 112 Å². The van der Waals surface area contributed by atoms with Crippen molar-refractivity contribution in [3.05, 3.63) is 0 Å². The van der Waals surface area contributed by atoms with Crippen LogP contribution in [0.15, 0.2) is 0 Å². The first-order chi connectivity index (χ1) is 25.5. The molecule has 0 aliphatic heterocycles. The van der Waals surface area contributed by atoms with E-state index in [4.69, 9.17) is 33.5 Å². The summed E-state index contributed by atoms with van der Waals surface area (Å²) >= 11 is 0. The van der Waals surface area contributed by atoms with Gasteiger partial charge in [-0.15, -0.1) is 0 Å². The Balaban J connectivity index is 6.55. The molecule has 0 saturated carbocycles. The number of unbranched alkanes of at least 4 members (excludes halogenated alkanes) is 12. The molecule has 338 valence electrons. The van der Waals surface area contributed by atoms with E-state index in [1.165, 1.54) is 64.2 Å². The highest BCUT2D eigenvalue weighted by molar-refractivity contribution is 6.93. The van der Waals surface area contributed by atoms with Gasteiger partial charge in [0.15, 0.2) is 31.2 Å². The molecule has 3 unspecified atom stereocenters. The lowest BCUT2D eigenvalue weighted by Gasteiger charge is -2.47. The highest BCUT2D eigenvalue weighted by Gasteiger charge is 2.56. The molecule has 0 amide bonds. The Kier molecular flexibility index (Phi) is 27.4. The second kappa shape index (κ2) is 26.7. The lowest BCUT2D eigenvalue weighted by atomic mass is 10.1. The van der Waals surface area contributed by atoms with E-state index in [0.29, 0.717) is 19.1 Å². The van der Waals surface area contributed by atoms with E-state index in [-0.39, 0.29) is 6.61 Å².